The van der Waals surface area contributed by atoms with Crippen LogP contribution < -0.4 is 11.3 Å². The van der Waals surface area contributed by atoms with E-state index >= 15 is 0 Å². The van der Waals surface area contributed by atoms with Crippen molar-refractivity contribution in [2.45, 2.75) is 22.9 Å². The van der Waals surface area contributed by atoms with Crippen molar-refractivity contribution >= 4 is 28.9 Å². The van der Waals surface area contributed by atoms with Gasteiger partial charge in [0.1, 0.15) is 17.5 Å². The molecule has 18 heavy (non-hydrogen) atoms. The molecule has 0 aromatic carbocycles. The summed E-state index contributed by atoms with van der Waals surface area (Å²) in [5.74, 6) is 6.53. The van der Waals surface area contributed by atoms with E-state index in [1.54, 1.807) is 24.5 Å². The van der Waals surface area contributed by atoms with Crippen LogP contribution in [-0.4, -0.2) is 22.1 Å². The van der Waals surface area contributed by atoms with Gasteiger partial charge >= 0.3 is 0 Å². The third-order valence-electron chi connectivity index (χ3n) is 1.96. The van der Waals surface area contributed by atoms with Gasteiger partial charge in [0.25, 0.3) is 0 Å². The quantitative estimate of drug-likeness (QED) is 0.492. The summed E-state index contributed by atoms with van der Waals surface area (Å²) in [5, 5.41) is 2.79. The Kier molecular flexibility index (Phi) is 4.48. The summed E-state index contributed by atoms with van der Waals surface area (Å²) in [4.78, 5) is 12.9. The predicted octanol–water partition coefficient (Wildman–Crippen LogP) is 1.82. The van der Waals surface area contributed by atoms with E-state index in [0.717, 1.165) is 15.1 Å². The molecule has 0 radical (unpaired) electrons. The van der Waals surface area contributed by atoms with Crippen molar-refractivity contribution in [3.8, 4) is 0 Å². The van der Waals surface area contributed by atoms with Crippen LogP contribution in [0.25, 0.3) is 0 Å². The molecule has 0 aliphatic rings. The van der Waals surface area contributed by atoms with E-state index in [0.29, 0.717) is 18.2 Å². The van der Waals surface area contributed by atoms with Crippen LogP contribution in [0.2, 0.25) is 0 Å². The maximum absolute atomic E-state index is 5.38. The highest BCUT2D eigenvalue weighted by molar-refractivity contribution is 8.01. The molecule has 0 aliphatic carbocycles. The average molecular weight is 283 g/mol. The Morgan fingerprint density at radius 3 is 2.89 bits per heavy atom. The largest absolute Gasteiger partial charge is 0.377 e. The first-order valence-electron chi connectivity index (χ1n) is 5.14. The maximum Gasteiger partial charge on any atom is 0.157 e. The number of hydrazine groups is 1. The molecule has 0 saturated carbocycles. The van der Waals surface area contributed by atoms with Crippen LogP contribution >= 0.6 is 23.1 Å². The number of aryl methyl sites for hydroxylation is 1. The second-order valence-corrected chi connectivity index (χ2v) is 5.57. The average Bonchev–Trinajstić information content (AvgIpc) is 2.75. The number of nitrogens with zero attached hydrogens (tertiary/aromatic N) is 3. The van der Waals surface area contributed by atoms with Crippen LogP contribution in [-0.2, 0) is 11.3 Å². The molecule has 0 saturated heterocycles. The maximum atomic E-state index is 5.38. The van der Waals surface area contributed by atoms with Gasteiger partial charge in [-0.2, -0.15) is 0 Å². The van der Waals surface area contributed by atoms with Crippen LogP contribution in [0.5, 0.6) is 0 Å². The fourth-order valence-corrected chi connectivity index (χ4v) is 3.07. The van der Waals surface area contributed by atoms with E-state index in [2.05, 4.69) is 20.4 Å². The van der Waals surface area contributed by atoms with E-state index in [1.165, 1.54) is 11.8 Å². The van der Waals surface area contributed by atoms with E-state index in [1.807, 2.05) is 12.3 Å². The van der Waals surface area contributed by atoms with Crippen molar-refractivity contribution in [1.82, 2.24) is 15.0 Å². The van der Waals surface area contributed by atoms with Gasteiger partial charge in [-0.15, -0.1) is 11.3 Å². The van der Waals surface area contributed by atoms with Gasteiger partial charge in [0, 0.05) is 24.3 Å². The zero-order chi connectivity index (χ0) is 13.0. The van der Waals surface area contributed by atoms with Crippen molar-refractivity contribution in [2.75, 3.05) is 12.5 Å². The Morgan fingerprint density at radius 2 is 2.28 bits per heavy atom. The fraction of sp³-hybridized carbons (Fsp3) is 0.300. The number of hydrogen-bond donors (Lipinski definition) is 2. The summed E-state index contributed by atoms with van der Waals surface area (Å²) < 4.78 is 5.96. The molecule has 0 aliphatic heterocycles. The van der Waals surface area contributed by atoms with Gasteiger partial charge in [-0.3, -0.25) is 0 Å². The summed E-state index contributed by atoms with van der Waals surface area (Å²) >= 11 is 3.07. The first-order valence-corrected chi connectivity index (χ1v) is 6.84. The number of anilines is 1. The second kappa shape index (κ2) is 6.10. The van der Waals surface area contributed by atoms with Crippen molar-refractivity contribution in [3.05, 3.63) is 23.0 Å². The Hall–Kier alpha value is -1.22. The van der Waals surface area contributed by atoms with Crippen LogP contribution in [0.4, 0.5) is 5.82 Å². The van der Waals surface area contributed by atoms with Crippen LogP contribution in [0, 0.1) is 6.92 Å². The van der Waals surface area contributed by atoms with Gasteiger partial charge in [0.2, 0.25) is 0 Å². The lowest BCUT2D eigenvalue weighted by Crippen LogP contribution is -2.11. The number of aromatic nitrogens is 3. The molecule has 2 aromatic rings. The number of nitrogens with two attached hydrogens (primary N) is 1. The summed E-state index contributed by atoms with van der Waals surface area (Å²) in [7, 11) is 1.60. The molecule has 3 N–H and O–H groups in total. The highest BCUT2D eigenvalue weighted by Gasteiger charge is 2.08. The molecule has 0 atom stereocenters. The third kappa shape index (κ3) is 3.39. The van der Waals surface area contributed by atoms with Crippen molar-refractivity contribution < 1.29 is 4.74 Å². The van der Waals surface area contributed by atoms with Gasteiger partial charge in [0.05, 0.1) is 0 Å². The molecule has 2 rings (SSSR count). The summed E-state index contributed by atoms with van der Waals surface area (Å²) in [6.45, 7) is 2.31. The van der Waals surface area contributed by atoms with Crippen molar-refractivity contribution in [3.63, 3.8) is 0 Å². The molecular formula is C10H13N5OS2. The molecule has 96 valence electrons. The number of methoxy groups -OCH3 is 1. The highest BCUT2D eigenvalue weighted by Crippen LogP contribution is 2.29. The highest BCUT2D eigenvalue weighted by atomic mass is 32.2. The molecule has 6 nitrogen and oxygen atoms in total. The van der Waals surface area contributed by atoms with Gasteiger partial charge in [-0.1, -0.05) is 0 Å². The number of hydrogen-bond acceptors (Lipinski definition) is 8. The number of rotatable bonds is 5. The molecule has 0 spiro atoms. The molecule has 0 unspecified atom stereocenters. The Balaban J connectivity index is 2.23. The monoisotopic (exact) mass is 283 g/mol. The van der Waals surface area contributed by atoms with Crippen LogP contribution in [0.15, 0.2) is 20.8 Å². The molecule has 2 aromatic heterocycles. The van der Waals surface area contributed by atoms with E-state index in [9.17, 15) is 0 Å². The number of nitrogen functional groups attached to an aromatic ring is 1. The predicted molar refractivity (Wildman–Crippen MR) is 71.5 cm³/mol. The number of ether oxygens (including phenoxy) is 1. The standard InChI is InChI=1S/C10H13N5OS2/c1-6-5-17-10(12-6)18-9-3-7(15-11)13-8(14-9)4-16-2/h3,5H,4,11H2,1-2H3,(H,13,14,15). The minimum Gasteiger partial charge on any atom is -0.377 e. The Bertz CT molecular complexity index is 531. The summed E-state index contributed by atoms with van der Waals surface area (Å²) in [5.41, 5.74) is 3.53. The lowest BCUT2D eigenvalue weighted by Gasteiger charge is -2.05. The topological polar surface area (TPSA) is 86.0 Å². The van der Waals surface area contributed by atoms with E-state index < -0.39 is 0 Å². The Labute approximate surface area is 113 Å². The SMILES string of the molecule is COCc1nc(NN)cc(Sc2nc(C)cs2)n1. The van der Waals surface area contributed by atoms with Crippen molar-refractivity contribution in [2.24, 2.45) is 5.84 Å². The van der Waals surface area contributed by atoms with Gasteiger partial charge in [0.15, 0.2) is 10.2 Å². The van der Waals surface area contributed by atoms with Gasteiger partial charge in [-0.25, -0.2) is 20.8 Å². The first-order chi connectivity index (χ1) is 8.71. The lowest BCUT2D eigenvalue weighted by atomic mass is 10.5. The molecule has 2 heterocycles. The zero-order valence-corrected chi connectivity index (χ0v) is 11.6. The number of nitrogens with one attached hydrogen (secondary N) is 1. The van der Waals surface area contributed by atoms with Crippen molar-refractivity contribution in [1.29, 1.82) is 0 Å². The van der Waals surface area contributed by atoms with Crippen LogP contribution in [0.1, 0.15) is 11.5 Å². The smallest absolute Gasteiger partial charge is 0.157 e. The first kappa shape index (κ1) is 13.2. The Morgan fingerprint density at radius 1 is 1.44 bits per heavy atom. The number of thiazole rings is 1. The normalized spacial score (nSPS) is 10.6. The molecule has 8 heteroatoms. The second-order valence-electron chi connectivity index (χ2n) is 3.44. The summed E-state index contributed by atoms with van der Waals surface area (Å²) in [6.07, 6.45) is 0. The lowest BCUT2D eigenvalue weighted by molar-refractivity contribution is 0.177. The summed E-state index contributed by atoms with van der Waals surface area (Å²) in [6, 6.07) is 1.78. The fourth-order valence-electron chi connectivity index (χ4n) is 1.26. The minimum absolute atomic E-state index is 0.347. The van der Waals surface area contributed by atoms with E-state index in [-0.39, 0.29) is 0 Å². The molecule has 0 bridgehead atoms. The van der Waals surface area contributed by atoms with Gasteiger partial charge in [-0.05, 0) is 18.7 Å². The zero-order valence-electron chi connectivity index (χ0n) is 10.0. The van der Waals surface area contributed by atoms with Crippen LogP contribution in [0.3, 0.4) is 0 Å². The third-order valence-corrected chi connectivity index (χ3v) is 3.93. The van der Waals surface area contributed by atoms with Gasteiger partial charge < -0.3 is 10.2 Å². The molecule has 0 fully saturated rings. The molecular weight excluding hydrogens is 270 g/mol. The minimum atomic E-state index is 0.347. The van der Waals surface area contributed by atoms with E-state index in [4.69, 9.17) is 10.6 Å². The molecule has 0 amide bonds.